The number of anilines is 2. The number of pyridine rings is 1. The predicted octanol–water partition coefficient (Wildman–Crippen LogP) is 5.64. The lowest BCUT2D eigenvalue weighted by molar-refractivity contribution is -0.113. The highest BCUT2D eigenvalue weighted by Crippen LogP contribution is 2.27. The van der Waals surface area contributed by atoms with E-state index in [1.165, 1.54) is 11.8 Å². The molecule has 0 bridgehead atoms. The molecule has 2 N–H and O–H groups in total. The number of carbonyl (C=O) groups excluding carboxylic acids is 2. The molecule has 1 heterocycles. The van der Waals surface area contributed by atoms with Gasteiger partial charge in [0.1, 0.15) is 5.03 Å². The SMILES string of the molecule is Cc1cc(C)c(C(=O)Nc2ccccc2)c(SCC(=O)Nc2cccc(Cl)c2C)n1. The Morgan fingerprint density at radius 2 is 1.73 bits per heavy atom. The normalized spacial score (nSPS) is 10.5. The number of aromatic nitrogens is 1. The lowest BCUT2D eigenvalue weighted by Gasteiger charge is -2.13. The van der Waals surface area contributed by atoms with Crippen LogP contribution in [0.1, 0.15) is 27.2 Å². The van der Waals surface area contributed by atoms with E-state index in [1.54, 1.807) is 18.2 Å². The summed E-state index contributed by atoms with van der Waals surface area (Å²) < 4.78 is 0. The maximum Gasteiger partial charge on any atom is 0.258 e. The molecule has 0 saturated carbocycles. The summed E-state index contributed by atoms with van der Waals surface area (Å²) in [6, 6.07) is 16.5. The molecular formula is C23H22ClN3O2S. The average Bonchev–Trinajstić information content (AvgIpc) is 2.70. The number of hydrogen-bond acceptors (Lipinski definition) is 4. The number of para-hydroxylation sites is 1. The molecule has 0 fully saturated rings. The van der Waals surface area contributed by atoms with Gasteiger partial charge in [-0.05, 0) is 62.2 Å². The third-order valence-corrected chi connectivity index (χ3v) is 5.84. The highest BCUT2D eigenvalue weighted by molar-refractivity contribution is 8.00. The Bertz CT molecular complexity index is 1090. The van der Waals surface area contributed by atoms with Gasteiger partial charge in [-0.15, -0.1) is 0 Å². The summed E-state index contributed by atoms with van der Waals surface area (Å²) in [4.78, 5) is 29.9. The Balaban J connectivity index is 1.76. The number of rotatable bonds is 6. The third kappa shape index (κ3) is 5.40. The number of carbonyl (C=O) groups is 2. The summed E-state index contributed by atoms with van der Waals surface area (Å²) in [6.45, 7) is 5.59. The highest BCUT2D eigenvalue weighted by atomic mass is 35.5. The quantitative estimate of drug-likeness (QED) is 0.487. The van der Waals surface area contributed by atoms with Crippen LogP contribution in [0.4, 0.5) is 11.4 Å². The number of aryl methyl sites for hydroxylation is 2. The maximum atomic E-state index is 12.9. The Hall–Kier alpha value is -2.83. The minimum Gasteiger partial charge on any atom is -0.325 e. The first kappa shape index (κ1) is 21.9. The van der Waals surface area contributed by atoms with Crippen molar-refractivity contribution < 1.29 is 9.59 Å². The summed E-state index contributed by atoms with van der Waals surface area (Å²) >= 11 is 7.35. The van der Waals surface area contributed by atoms with Crippen molar-refractivity contribution in [2.75, 3.05) is 16.4 Å². The van der Waals surface area contributed by atoms with Crippen molar-refractivity contribution in [1.82, 2.24) is 4.98 Å². The number of amides is 2. The van der Waals surface area contributed by atoms with E-state index in [1.807, 2.05) is 57.2 Å². The largest absolute Gasteiger partial charge is 0.325 e. The molecule has 0 spiro atoms. The summed E-state index contributed by atoms with van der Waals surface area (Å²) in [5.74, 6) is -0.325. The van der Waals surface area contributed by atoms with Crippen LogP contribution in [0, 0.1) is 20.8 Å². The third-order valence-electron chi connectivity index (χ3n) is 4.45. The van der Waals surface area contributed by atoms with E-state index in [0.717, 1.165) is 16.8 Å². The van der Waals surface area contributed by atoms with Crippen LogP contribution in [-0.2, 0) is 4.79 Å². The zero-order valence-corrected chi connectivity index (χ0v) is 18.5. The number of thioether (sulfide) groups is 1. The van der Waals surface area contributed by atoms with Crippen molar-refractivity contribution in [3.8, 4) is 0 Å². The standard InChI is InChI=1S/C23H22ClN3O2S/c1-14-12-15(2)25-23(21(14)22(29)26-17-8-5-4-6-9-17)30-13-20(28)27-19-11-7-10-18(24)16(19)3/h4-12H,13H2,1-3H3,(H,26,29)(H,27,28). The predicted molar refractivity (Wildman–Crippen MR) is 124 cm³/mol. The zero-order valence-electron chi connectivity index (χ0n) is 17.0. The lowest BCUT2D eigenvalue weighted by Crippen LogP contribution is -2.18. The minimum absolute atomic E-state index is 0.119. The summed E-state index contributed by atoms with van der Waals surface area (Å²) in [7, 11) is 0. The number of halogens is 1. The molecule has 0 aliphatic heterocycles. The monoisotopic (exact) mass is 439 g/mol. The molecule has 2 aromatic carbocycles. The molecule has 0 atom stereocenters. The van der Waals surface area contributed by atoms with E-state index in [4.69, 9.17) is 11.6 Å². The first-order valence-corrected chi connectivity index (χ1v) is 10.7. The van der Waals surface area contributed by atoms with E-state index in [0.29, 0.717) is 27.0 Å². The molecule has 154 valence electrons. The molecule has 3 aromatic rings. The highest BCUT2D eigenvalue weighted by Gasteiger charge is 2.19. The maximum absolute atomic E-state index is 12.9. The van der Waals surface area contributed by atoms with Gasteiger partial charge in [-0.3, -0.25) is 9.59 Å². The summed E-state index contributed by atoms with van der Waals surface area (Å²) in [5.41, 5.74) is 4.25. The van der Waals surface area contributed by atoms with Crippen molar-refractivity contribution in [3.05, 3.63) is 82.0 Å². The molecule has 0 aliphatic carbocycles. The average molecular weight is 440 g/mol. The van der Waals surface area contributed by atoms with Gasteiger partial charge in [0.15, 0.2) is 0 Å². The summed E-state index contributed by atoms with van der Waals surface area (Å²) in [5, 5.41) is 6.88. The fourth-order valence-electron chi connectivity index (χ4n) is 2.96. The Morgan fingerprint density at radius 3 is 2.47 bits per heavy atom. The van der Waals surface area contributed by atoms with Crippen LogP contribution in [0.15, 0.2) is 59.6 Å². The first-order chi connectivity index (χ1) is 14.3. The van der Waals surface area contributed by atoms with Gasteiger partial charge in [-0.25, -0.2) is 4.98 Å². The fourth-order valence-corrected chi connectivity index (χ4v) is 4.08. The second kappa shape index (κ2) is 9.78. The van der Waals surface area contributed by atoms with Crippen molar-refractivity contribution in [1.29, 1.82) is 0 Å². The molecule has 2 amide bonds. The molecule has 5 nitrogen and oxygen atoms in total. The van der Waals surface area contributed by atoms with Gasteiger partial charge in [0, 0.05) is 22.1 Å². The van der Waals surface area contributed by atoms with Crippen molar-refractivity contribution in [2.45, 2.75) is 25.8 Å². The second-order valence-electron chi connectivity index (χ2n) is 6.83. The fraction of sp³-hybridized carbons (Fsp3) is 0.174. The first-order valence-electron chi connectivity index (χ1n) is 9.37. The van der Waals surface area contributed by atoms with Gasteiger partial charge < -0.3 is 10.6 Å². The second-order valence-corrected chi connectivity index (χ2v) is 8.20. The van der Waals surface area contributed by atoms with Crippen LogP contribution in [0.3, 0.4) is 0 Å². The van der Waals surface area contributed by atoms with E-state index < -0.39 is 0 Å². The van der Waals surface area contributed by atoms with Gasteiger partial charge in [0.2, 0.25) is 5.91 Å². The summed E-state index contributed by atoms with van der Waals surface area (Å²) in [6.07, 6.45) is 0. The Kier molecular flexibility index (Phi) is 7.13. The Labute approximate surface area is 185 Å². The van der Waals surface area contributed by atoms with Gasteiger partial charge in [-0.2, -0.15) is 0 Å². The van der Waals surface area contributed by atoms with Crippen molar-refractivity contribution in [3.63, 3.8) is 0 Å². The van der Waals surface area contributed by atoms with Crippen molar-refractivity contribution in [2.24, 2.45) is 0 Å². The molecule has 7 heteroatoms. The molecular weight excluding hydrogens is 418 g/mol. The number of hydrogen-bond donors (Lipinski definition) is 2. The van der Waals surface area contributed by atoms with E-state index in [2.05, 4.69) is 15.6 Å². The van der Waals surface area contributed by atoms with Crippen LogP contribution in [0.2, 0.25) is 5.02 Å². The van der Waals surface area contributed by atoms with Gasteiger partial charge >= 0.3 is 0 Å². The minimum atomic E-state index is -0.250. The number of nitrogens with one attached hydrogen (secondary N) is 2. The van der Waals surface area contributed by atoms with Crippen LogP contribution in [0.25, 0.3) is 0 Å². The van der Waals surface area contributed by atoms with E-state index >= 15 is 0 Å². The number of benzene rings is 2. The van der Waals surface area contributed by atoms with Crippen LogP contribution < -0.4 is 10.6 Å². The smallest absolute Gasteiger partial charge is 0.258 e. The van der Waals surface area contributed by atoms with Crippen LogP contribution in [-0.4, -0.2) is 22.6 Å². The molecule has 3 rings (SSSR count). The molecule has 0 aliphatic rings. The molecule has 0 unspecified atom stereocenters. The zero-order chi connectivity index (χ0) is 21.7. The van der Waals surface area contributed by atoms with Gasteiger partial charge in [0.25, 0.3) is 5.91 Å². The van der Waals surface area contributed by atoms with E-state index in [9.17, 15) is 9.59 Å². The molecule has 0 saturated heterocycles. The Morgan fingerprint density at radius 1 is 1.00 bits per heavy atom. The van der Waals surface area contributed by atoms with Crippen LogP contribution >= 0.6 is 23.4 Å². The van der Waals surface area contributed by atoms with Gasteiger partial charge in [0.05, 0.1) is 11.3 Å². The van der Waals surface area contributed by atoms with E-state index in [-0.39, 0.29) is 17.6 Å². The lowest BCUT2D eigenvalue weighted by atomic mass is 10.1. The van der Waals surface area contributed by atoms with Crippen molar-refractivity contribution >= 4 is 46.6 Å². The van der Waals surface area contributed by atoms with Gasteiger partial charge in [-0.1, -0.05) is 47.6 Å². The molecule has 30 heavy (non-hydrogen) atoms. The van der Waals surface area contributed by atoms with Crippen LogP contribution in [0.5, 0.6) is 0 Å². The topological polar surface area (TPSA) is 71.1 Å². The molecule has 0 radical (unpaired) electrons. The number of nitrogens with zero attached hydrogens (tertiary/aromatic N) is 1. The molecule has 1 aromatic heterocycles.